The lowest BCUT2D eigenvalue weighted by atomic mass is 9.65. The number of carbonyl (C=O) groups is 1. The molecular weight excluding hydrogens is 424 g/mol. The number of para-hydroxylation sites is 1. The van der Waals surface area contributed by atoms with Gasteiger partial charge < -0.3 is 18.8 Å². The Morgan fingerprint density at radius 2 is 1.79 bits per heavy atom. The molecule has 0 N–H and O–H groups in total. The van der Waals surface area contributed by atoms with Crippen LogP contribution in [0.2, 0.25) is 0 Å². The van der Waals surface area contributed by atoms with Crippen molar-refractivity contribution in [3.63, 3.8) is 0 Å². The van der Waals surface area contributed by atoms with Crippen molar-refractivity contribution in [1.82, 2.24) is 9.47 Å². The average molecular weight is 459 g/mol. The van der Waals surface area contributed by atoms with Crippen LogP contribution in [0.25, 0.3) is 10.9 Å². The summed E-state index contributed by atoms with van der Waals surface area (Å²) in [6, 6.07) is 20.1. The van der Waals surface area contributed by atoms with Crippen molar-refractivity contribution < 1.29 is 14.3 Å². The number of carbonyl (C=O) groups excluding carboxylic acids is 1. The molecule has 3 aromatic rings. The fourth-order valence-electron chi connectivity index (χ4n) is 7.11. The molecule has 3 aliphatic rings. The van der Waals surface area contributed by atoms with Crippen molar-refractivity contribution in [3.8, 4) is 0 Å². The number of fused-ring (bicyclic) bond motifs is 6. The first-order chi connectivity index (χ1) is 16.7. The zero-order valence-corrected chi connectivity index (χ0v) is 20.1. The molecule has 0 saturated carbocycles. The summed E-state index contributed by atoms with van der Waals surface area (Å²) in [5.74, 6) is 0.446. The van der Waals surface area contributed by atoms with Crippen molar-refractivity contribution in [2.24, 2.45) is 24.8 Å². The van der Waals surface area contributed by atoms with Crippen molar-refractivity contribution in [1.29, 1.82) is 0 Å². The second-order valence-corrected chi connectivity index (χ2v) is 10.2. The molecule has 4 heterocycles. The largest absolute Gasteiger partial charge is 0.350 e. The summed E-state index contributed by atoms with van der Waals surface area (Å²) in [6.07, 6.45) is 3.72. The van der Waals surface area contributed by atoms with E-state index in [0.717, 1.165) is 25.8 Å². The molecule has 2 aromatic carbocycles. The van der Waals surface area contributed by atoms with E-state index in [9.17, 15) is 4.79 Å². The molecule has 2 fully saturated rings. The van der Waals surface area contributed by atoms with Gasteiger partial charge in [0, 0.05) is 48.1 Å². The number of rotatable bonds is 6. The summed E-state index contributed by atoms with van der Waals surface area (Å²) < 4.78 is 14.7. The van der Waals surface area contributed by atoms with E-state index in [1.165, 1.54) is 34.0 Å². The van der Waals surface area contributed by atoms with Gasteiger partial charge in [-0.1, -0.05) is 55.5 Å². The van der Waals surface area contributed by atoms with Gasteiger partial charge in [-0.05, 0) is 42.4 Å². The number of ether oxygens (including phenoxy) is 2. The molecule has 2 bridgehead atoms. The highest BCUT2D eigenvalue weighted by Crippen LogP contribution is 2.53. The average Bonchev–Trinajstić information content (AvgIpc) is 3.49. The van der Waals surface area contributed by atoms with Crippen LogP contribution in [0.1, 0.15) is 42.6 Å². The minimum Gasteiger partial charge on any atom is -0.350 e. The molecule has 5 heteroatoms. The van der Waals surface area contributed by atoms with Crippen LogP contribution >= 0.6 is 0 Å². The predicted molar refractivity (Wildman–Crippen MR) is 132 cm³/mol. The van der Waals surface area contributed by atoms with Crippen LogP contribution in [0.5, 0.6) is 0 Å². The van der Waals surface area contributed by atoms with E-state index in [4.69, 9.17) is 9.47 Å². The number of nitrogens with zero attached hydrogens (tertiary/aromatic N) is 2. The second kappa shape index (κ2) is 8.95. The fourth-order valence-corrected chi connectivity index (χ4v) is 7.11. The van der Waals surface area contributed by atoms with Crippen LogP contribution in [-0.2, 0) is 34.3 Å². The van der Waals surface area contributed by atoms with Crippen molar-refractivity contribution >= 4 is 17.2 Å². The number of benzene rings is 2. The third-order valence-electron chi connectivity index (χ3n) is 8.62. The summed E-state index contributed by atoms with van der Waals surface area (Å²) in [7, 11) is 2.21. The lowest BCUT2D eigenvalue weighted by molar-refractivity contribution is -0.165. The lowest BCUT2D eigenvalue weighted by Gasteiger charge is -2.55. The van der Waals surface area contributed by atoms with Crippen LogP contribution in [0.15, 0.2) is 54.6 Å². The molecule has 0 spiro atoms. The summed E-state index contributed by atoms with van der Waals surface area (Å²) in [4.78, 5) is 14.9. The van der Waals surface area contributed by atoms with Gasteiger partial charge in [-0.3, -0.25) is 4.90 Å². The highest BCUT2D eigenvalue weighted by Gasteiger charge is 2.53. The molecule has 34 heavy (non-hydrogen) atoms. The monoisotopic (exact) mass is 458 g/mol. The first-order valence-electron chi connectivity index (χ1n) is 12.8. The Labute approximate surface area is 201 Å². The van der Waals surface area contributed by atoms with Gasteiger partial charge in [0.15, 0.2) is 6.29 Å². The van der Waals surface area contributed by atoms with E-state index in [1.54, 1.807) is 0 Å². The quantitative estimate of drug-likeness (QED) is 0.494. The smallest absolute Gasteiger partial charge is 0.162 e. The Bertz CT molecular complexity index is 1170. The Morgan fingerprint density at radius 3 is 2.53 bits per heavy atom. The Hall–Kier alpha value is -2.47. The molecule has 6 rings (SSSR count). The number of aldehydes is 1. The molecule has 3 aliphatic heterocycles. The van der Waals surface area contributed by atoms with Crippen LogP contribution in [0.3, 0.4) is 0 Å². The highest BCUT2D eigenvalue weighted by molar-refractivity contribution is 5.86. The molecule has 0 radical (unpaired) electrons. The molecule has 2 saturated heterocycles. The highest BCUT2D eigenvalue weighted by atomic mass is 16.7. The first kappa shape index (κ1) is 22.0. The van der Waals surface area contributed by atoms with Crippen LogP contribution in [0, 0.1) is 17.8 Å². The van der Waals surface area contributed by atoms with Gasteiger partial charge in [0.2, 0.25) is 0 Å². The molecule has 0 amide bonds. The van der Waals surface area contributed by atoms with Gasteiger partial charge >= 0.3 is 0 Å². The SMILES string of the molecule is CC[C@H](C=O)[C@@H]1C[C@H]2c3c(c4ccccc4n3C)C[C@@H]([C@H]1C1OCCO1)N2Cc1ccccc1. The van der Waals surface area contributed by atoms with Crippen LogP contribution in [-0.4, -0.2) is 41.3 Å². The number of hydrogen-bond acceptors (Lipinski definition) is 4. The van der Waals surface area contributed by atoms with Gasteiger partial charge in [-0.25, -0.2) is 0 Å². The summed E-state index contributed by atoms with van der Waals surface area (Å²) in [5, 5.41) is 1.36. The molecule has 5 nitrogen and oxygen atoms in total. The number of piperidine rings is 1. The minimum absolute atomic E-state index is 0.0258. The molecular formula is C29H34N2O3. The van der Waals surface area contributed by atoms with Gasteiger partial charge in [0.05, 0.1) is 19.3 Å². The van der Waals surface area contributed by atoms with E-state index in [1.807, 2.05) is 0 Å². The first-order valence-corrected chi connectivity index (χ1v) is 12.8. The molecule has 5 atom stereocenters. The predicted octanol–water partition coefficient (Wildman–Crippen LogP) is 4.88. The van der Waals surface area contributed by atoms with E-state index in [0.29, 0.717) is 13.2 Å². The summed E-state index contributed by atoms with van der Waals surface area (Å²) >= 11 is 0. The van der Waals surface area contributed by atoms with Gasteiger partial charge in [0.1, 0.15) is 6.29 Å². The number of aromatic nitrogens is 1. The Kier molecular flexibility index (Phi) is 5.80. The zero-order valence-electron chi connectivity index (χ0n) is 20.1. The summed E-state index contributed by atoms with van der Waals surface area (Å²) in [6.45, 7) is 4.31. The van der Waals surface area contributed by atoms with E-state index < -0.39 is 0 Å². The topological polar surface area (TPSA) is 43.7 Å². The van der Waals surface area contributed by atoms with E-state index in [-0.39, 0.29) is 36.1 Å². The maximum absolute atomic E-state index is 12.2. The second-order valence-electron chi connectivity index (χ2n) is 10.2. The fraction of sp³-hybridized carbons (Fsp3) is 0.483. The molecule has 0 unspecified atom stereocenters. The lowest BCUT2D eigenvalue weighted by Crippen LogP contribution is -2.58. The third kappa shape index (κ3) is 3.44. The van der Waals surface area contributed by atoms with Crippen LogP contribution < -0.4 is 0 Å². The van der Waals surface area contributed by atoms with Crippen molar-refractivity contribution in [2.45, 2.75) is 51.1 Å². The Balaban J connectivity index is 1.51. The van der Waals surface area contributed by atoms with Gasteiger partial charge in [-0.2, -0.15) is 0 Å². The molecule has 0 aliphatic carbocycles. The Morgan fingerprint density at radius 1 is 1.06 bits per heavy atom. The maximum atomic E-state index is 12.2. The maximum Gasteiger partial charge on any atom is 0.162 e. The van der Waals surface area contributed by atoms with Gasteiger partial charge in [0.25, 0.3) is 0 Å². The number of aryl methyl sites for hydroxylation is 1. The standard InChI is InChI=1S/C29H34N2O3/c1-3-20(18-32)22-15-26-28-23(21-11-7-8-12-24(21)30(28)2)16-25(27(22)29-33-13-14-34-29)31(26)17-19-9-5-4-6-10-19/h4-12,18,20,22,25-27,29H,3,13-17H2,1-2H3/t20-,22+,25+,26+,27+/m1/s1. The third-order valence-corrected chi connectivity index (χ3v) is 8.62. The number of hydrogen-bond donors (Lipinski definition) is 0. The normalized spacial score (nSPS) is 28.2. The van der Waals surface area contributed by atoms with Crippen molar-refractivity contribution in [3.05, 3.63) is 71.4 Å². The summed E-state index contributed by atoms with van der Waals surface area (Å²) in [5.41, 5.74) is 5.51. The van der Waals surface area contributed by atoms with Crippen molar-refractivity contribution in [2.75, 3.05) is 13.2 Å². The van der Waals surface area contributed by atoms with Gasteiger partial charge in [-0.15, -0.1) is 0 Å². The zero-order chi connectivity index (χ0) is 23.2. The minimum atomic E-state index is -0.236. The molecule has 178 valence electrons. The van der Waals surface area contributed by atoms with E-state index in [2.05, 4.69) is 78.0 Å². The van der Waals surface area contributed by atoms with Crippen LogP contribution in [0.4, 0.5) is 0 Å². The van der Waals surface area contributed by atoms with E-state index >= 15 is 0 Å². The molecule has 1 aromatic heterocycles.